The Morgan fingerprint density at radius 2 is 1.78 bits per heavy atom. The van der Waals surface area contributed by atoms with Crippen LogP contribution in [0.25, 0.3) is 10.2 Å². The van der Waals surface area contributed by atoms with E-state index in [-0.39, 0.29) is 0 Å². The Balaban J connectivity index is 0.000000771. The Morgan fingerprint density at radius 3 is 2.39 bits per heavy atom. The minimum absolute atomic E-state index is 0.607. The third kappa shape index (κ3) is 4.18. The molecule has 1 nitrogen and oxygen atoms in total. The lowest BCUT2D eigenvalue weighted by Gasteiger charge is -2.15. The summed E-state index contributed by atoms with van der Waals surface area (Å²) in [5.41, 5.74) is 1.12. The van der Waals surface area contributed by atoms with E-state index in [0.29, 0.717) is 10.5 Å². The van der Waals surface area contributed by atoms with Gasteiger partial charge in [0.1, 0.15) is 0 Å². The maximum atomic E-state index is 4.64. The van der Waals surface area contributed by atoms with Crippen LogP contribution in [0.15, 0.2) is 28.6 Å². The van der Waals surface area contributed by atoms with Crippen molar-refractivity contribution in [1.29, 1.82) is 0 Å². The summed E-state index contributed by atoms with van der Waals surface area (Å²) < 4.78 is 2.48. The van der Waals surface area contributed by atoms with Crippen LogP contribution in [0.3, 0.4) is 0 Å². The number of para-hydroxylation sites is 1. The molecule has 0 radical (unpaired) electrons. The third-order valence-corrected chi connectivity index (χ3v) is 6.36. The fourth-order valence-electron chi connectivity index (χ4n) is 1.35. The van der Waals surface area contributed by atoms with Crippen molar-refractivity contribution in [3.63, 3.8) is 0 Å². The van der Waals surface area contributed by atoms with Gasteiger partial charge in [-0.25, -0.2) is 4.98 Å². The summed E-state index contributed by atoms with van der Waals surface area (Å²) in [7, 11) is 0. The van der Waals surface area contributed by atoms with Crippen LogP contribution in [0, 0.1) is 0 Å². The summed E-state index contributed by atoms with van der Waals surface area (Å²) in [5.74, 6) is 0. The summed E-state index contributed by atoms with van der Waals surface area (Å²) >= 11 is 5.60. The summed E-state index contributed by atoms with van der Waals surface area (Å²) in [6, 6.07) is 8.34. The molecule has 4 heteroatoms. The number of rotatable bonds is 4. The van der Waals surface area contributed by atoms with Crippen molar-refractivity contribution < 1.29 is 0 Å². The lowest BCUT2D eigenvalue weighted by atomic mass is 10.3. The average Bonchev–Trinajstić information content (AvgIpc) is 2.82. The second-order valence-electron chi connectivity index (χ2n) is 3.71. The Kier molecular flexibility index (Phi) is 7.12. The van der Waals surface area contributed by atoms with Crippen molar-refractivity contribution in [2.24, 2.45) is 0 Å². The SMILES string of the molecule is CC.CSC(C)C(C)Sc1nc2ccccc2s1. The lowest BCUT2D eigenvalue weighted by Crippen LogP contribution is -2.11. The van der Waals surface area contributed by atoms with Crippen LogP contribution in [0.4, 0.5) is 0 Å². The molecule has 0 saturated heterocycles. The number of benzene rings is 1. The topological polar surface area (TPSA) is 12.9 Å². The second kappa shape index (κ2) is 8.08. The molecule has 100 valence electrons. The van der Waals surface area contributed by atoms with E-state index in [1.807, 2.05) is 43.4 Å². The van der Waals surface area contributed by atoms with E-state index < -0.39 is 0 Å². The quantitative estimate of drug-likeness (QED) is 0.686. The van der Waals surface area contributed by atoms with Crippen molar-refractivity contribution in [2.75, 3.05) is 6.26 Å². The monoisotopic (exact) mass is 299 g/mol. The highest BCUT2D eigenvalue weighted by Gasteiger charge is 2.14. The highest BCUT2D eigenvalue weighted by atomic mass is 32.2. The highest BCUT2D eigenvalue weighted by molar-refractivity contribution is 8.04. The van der Waals surface area contributed by atoms with Crippen LogP contribution in [-0.4, -0.2) is 21.7 Å². The van der Waals surface area contributed by atoms with E-state index in [1.165, 1.54) is 9.04 Å². The molecule has 0 aliphatic rings. The Bertz CT molecular complexity index is 434. The molecule has 0 bridgehead atoms. The Morgan fingerprint density at radius 1 is 1.11 bits per heavy atom. The van der Waals surface area contributed by atoms with Gasteiger partial charge in [-0.05, 0) is 18.4 Å². The first kappa shape index (κ1) is 15.9. The van der Waals surface area contributed by atoms with Crippen molar-refractivity contribution in [2.45, 2.75) is 42.5 Å². The van der Waals surface area contributed by atoms with Crippen LogP contribution in [0.5, 0.6) is 0 Å². The van der Waals surface area contributed by atoms with Crippen molar-refractivity contribution in [3.8, 4) is 0 Å². The minimum Gasteiger partial charge on any atom is -0.230 e. The molecule has 0 N–H and O–H groups in total. The van der Waals surface area contributed by atoms with Crippen LogP contribution in [0.2, 0.25) is 0 Å². The molecule has 0 amide bonds. The van der Waals surface area contributed by atoms with Crippen LogP contribution in [0.1, 0.15) is 27.7 Å². The predicted octanol–water partition coefficient (Wildman–Crippen LogP) is 5.55. The van der Waals surface area contributed by atoms with Crippen LogP contribution >= 0.6 is 34.9 Å². The molecule has 2 rings (SSSR count). The number of thiazole rings is 1. The molecule has 0 fully saturated rings. The zero-order valence-electron chi connectivity index (χ0n) is 11.6. The molecule has 1 aromatic carbocycles. The number of aromatic nitrogens is 1. The first-order valence-corrected chi connectivity index (χ1v) is 9.24. The number of thioether (sulfide) groups is 2. The van der Waals surface area contributed by atoms with E-state index in [4.69, 9.17) is 0 Å². The number of hydrogen-bond donors (Lipinski definition) is 0. The molecule has 1 aromatic heterocycles. The summed E-state index contributed by atoms with van der Waals surface area (Å²) in [5, 5.41) is 1.27. The number of fused-ring (bicyclic) bond motifs is 1. The maximum Gasteiger partial charge on any atom is 0.151 e. The second-order valence-corrected chi connectivity index (χ2v) is 7.58. The smallest absolute Gasteiger partial charge is 0.151 e. The normalized spacial score (nSPS) is 13.8. The summed E-state index contributed by atoms with van der Waals surface area (Å²) in [6.45, 7) is 8.55. The first-order chi connectivity index (χ1) is 8.70. The summed E-state index contributed by atoms with van der Waals surface area (Å²) in [6.07, 6.45) is 2.17. The van der Waals surface area contributed by atoms with Gasteiger partial charge in [0.2, 0.25) is 0 Å². The average molecular weight is 300 g/mol. The van der Waals surface area contributed by atoms with Gasteiger partial charge in [-0.15, -0.1) is 11.3 Å². The fraction of sp³-hybridized carbons (Fsp3) is 0.500. The van der Waals surface area contributed by atoms with Gasteiger partial charge in [-0.2, -0.15) is 11.8 Å². The predicted molar refractivity (Wildman–Crippen MR) is 89.3 cm³/mol. The van der Waals surface area contributed by atoms with Gasteiger partial charge in [0.15, 0.2) is 4.34 Å². The van der Waals surface area contributed by atoms with E-state index in [1.54, 1.807) is 11.3 Å². The Hall–Kier alpha value is -0.190. The summed E-state index contributed by atoms with van der Waals surface area (Å²) in [4.78, 5) is 4.64. The Labute approximate surface area is 123 Å². The molecule has 0 aliphatic heterocycles. The zero-order chi connectivity index (χ0) is 13.5. The molecular formula is C14H21NS3. The van der Waals surface area contributed by atoms with E-state index >= 15 is 0 Å². The van der Waals surface area contributed by atoms with E-state index in [2.05, 4.69) is 43.3 Å². The van der Waals surface area contributed by atoms with Crippen LogP contribution < -0.4 is 0 Å². The maximum absolute atomic E-state index is 4.64. The molecule has 0 aliphatic carbocycles. The van der Waals surface area contributed by atoms with Gasteiger partial charge in [0, 0.05) is 10.5 Å². The van der Waals surface area contributed by atoms with Gasteiger partial charge >= 0.3 is 0 Å². The lowest BCUT2D eigenvalue weighted by molar-refractivity contribution is 0.927. The molecule has 0 saturated carbocycles. The minimum atomic E-state index is 0.607. The standard InChI is InChI=1S/C12H15NS3.C2H6/c1-8(14-3)9(2)15-12-13-10-6-4-5-7-11(10)16-12;1-2/h4-9H,1-3H3;1-2H3. The fourth-order valence-corrected chi connectivity index (χ4v) is 4.51. The van der Waals surface area contributed by atoms with Gasteiger partial charge in [0.25, 0.3) is 0 Å². The highest BCUT2D eigenvalue weighted by Crippen LogP contribution is 2.34. The van der Waals surface area contributed by atoms with Gasteiger partial charge in [-0.3, -0.25) is 0 Å². The van der Waals surface area contributed by atoms with Crippen molar-refractivity contribution in [1.82, 2.24) is 4.98 Å². The molecule has 1 heterocycles. The van der Waals surface area contributed by atoms with E-state index in [0.717, 1.165) is 5.52 Å². The molecule has 2 atom stereocenters. The molecule has 0 spiro atoms. The van der Waals surface area contributed by atoms with Gasteiger partial charge in [-0.1, -0.05) is 51.6 Å². The van der Waals surface area contributed by atoms with E-state index in [9.17, 15) is 0 Å². The number of hydrogen-bond acceptors (Lipinski definition) is 4. The molecule has 18 heavy (non-hydrogen) atoms. The van der Waals surface area contributed by atoms with Crippen LogP contribution in [-0.2, 0) is 0 Å². The first-order valence-electron chi connectivity index (χ1n) is 6.25. The molecular weight excluding hydrogens is 278 g/mol. The largest absolute Gasteiger partial charge is 0.230 e. The number of nitrogens with zero attached hydrogens (tertiary/aromatic N) is 1. The van der Waals surface area contributed by atoms with Crippen molar-refractivity contribution in [3.05, 3.63) is 24.3 Å². The molecule has 2 aromatic rings. The zero-order valence-corrected chi connectivity index (χ0v) is 14.1. The third-order valence-electron chi connectivity index (χ3n) is 2.59. The van der Waals surface area contributed by atoms with Gasteiger partial charge < -0.3 is 0 Å². The molecule has 2 unspecified atom stereocenters. The van der Waals surface area contributed by atoms with Gasteiger partial charge in [0.05, 0.1) is 10.2 Å². The van der Waals surface area contributed by atoms with Crippen molar-refractivity contribution >= 4 is 45.1 Å².